The highest BCUT2D eigenvalue weighted by atomic mass is 16.5. The maximum absolute atomic E-state index is 11.6. The van der Waals surface area contributed by atoms with Gasteiger partial charge in [-0.3, -0.25) is 4.79 Å². The number of carbonyl (C=O) groups excluding carboxylic acids is 2. The van der Waals surface area contributed by atoms with Crippen LogP contribution in [0.3, 0.4) is 0 Å². The predicted molar refractivity (Wildman–Crippen MR) is 81.5 cm³/mol. The Labute approximate surface area is 125 Å². The van der Waals surface area contributed by atoms with Crippen molar-refractivity contribution >= 4 is 18.0 Å². The van der Waals surface area contributed by atoms with Crippen molar-refractivity contribution in [3.05, 3.63) is 41.5 Å². The van der Waals surface area contributed by atoms with Crippen molar-refractivity contribution in [3.8, 4) is 0 Å². The maximum atomic E-state index is 11.6. The molecule has 1 aliphatic rings. The molecule has 1 atom stereocenters. The SMILES string of the molecule is Cc1ccccc1/C=C/C(=O)OCC(=O)N[C@@H](C)C1CC1. The minimum absolute atomic E-state index is 0.165. The molecule has 0 heterocycles. The lowest BCUT2D eigenvalue weighted by atomic mass is 10.1. The highest BCUT2D eigenvalue weighted by Crippen LogP contribution is 2.32. The van der Waals surface area contributed by atoms with Gasteiger partial charge in [0.1, 0.15) is 0 Å². The Morgan fingerprint density at radius 1 is 1.38 bits per heavy atom. The molecule has 4 heteroatoms. The van der Waals surface area contributed by atoms with Crippen molar-refractivity contribution in [2.24, 2.45) is 5.92 Å². The second-order valence-corrected chi connectivity index (χ2v) is 5.49. The molecule has 0 bridgehead atoms. The molecule has 0 unspecified atom stereocenters. The van der Waals surface area contributed by atoms with Gasteiger partial charge < -0.3 is 10.1 Å². The highest BCUT2D eigenvalue weighted by molar-refractivity contribution is 5.89. The number of carbonyl (C=O) groups is 2. The molecular weight excluding hydrogens is 266 g/mol. The molecule has 1 N–H and O–H groups in total. The number of benzene rings is 1. The molecule has 4 nitrogen and oxygen atoms in total. The summed E-state index contributed by atoms with van der Waals surface area (Å²) in [5, 5.41) is 2.84. The summed E-state index contributed by atoms with van der Waals surface area (Å²) in [6.45, 7) is 3.72. The van der Waals surface area contributed by atoms with Crippen LogP contribution in [0, 0.1) is 12.8 Å². The number of aryl methyl sites for hydroxylation is 1. The molecule has 0 radical (unpaired) electrons. The fourth-order valence-corrected chi connectivity index (χ4v) is 2.13. The first kappa shape index (κ1) is 15.3. The van der Waals surface area contributed by atoms with Crippen LogP contribution in [0.2, 0.25) is 0 Å². The third-order valence-corrected chi connectivity index (χ3v) is 3.65. The Kier molecular flexibility index (Phi) is 5.14. The van der Waals surface area contributed by atoms with E-state index >= 15 is 0 Å². The number of amides is 1. The lowest BCUT2D eigenvalue weighted by molar-refractivity contribution is -0.144. The molecule has 1 amide bonds. The number of esters is 1. The summed E-state index contributed by atoms with van der Waals surface area (Å²) in [7, 11) is 0. The minimum atomic E-state index is -0.507. The zero-order valence-corrected chi connectivity index (χ0v) is 12.5. The maximum Gasteiger partial charge on any atom is 0.331 e. The molecule has 1 saturated carbocycles. The molecule has 1 aromatic rings. The fraction of sp³-hybridized carbons (Fsp3) is 0.412. The first-order chi connectivity index (χ1) is 10.1. The molecular formula is C17H21NO3. The van der Waals surface area contributed by atoms with Crippen molar-refractivity contribution in [3.63, 3.8) is 0 Å². The Hall–Kier alpha value is -2.10. The molecule has 1 aromatic carbocycles. The molecule has 0 spiro atoms. The summed E-state index contributed by atoms with van der Waals surface area (Å²) in [5.41, 5.74) is 2.04. The van der Waals surface area contributed by atoms with E-state index in [1.165, 1.54) is 18.9 Å². The Balaban J connectivity index is 1.74. The van der Waals surface area contributed by atoms with Crippen LogP contribution < -0.4 is 5.32 Å². The van der Waals surface area contributed by atoms with E-state index < -0.39 is 5.97 Å². The van der Waals surface area contributed by atoms with Gasteiger partial charge in [-0.15, -0.1) is 0 Å². The fourth-order valence-electron chi connectivity index (χ4n) is 2.13. The third kappa shape index (κ3) is 5.06. The standard InChI is InChI=1S/C17H21NO3/c1-12-5-3-4-6-14(12)9-10-17(20)21-11-16(19)18-13(2)15-7-8-15/h3-6,9-10,13,15H,7-8,11H2,1-2H3,(H,18,19)/b10-9+/t13-/m0/s1. The van der Waals surface area contributed by atoms with E-state index in [4.69, 9.17) is 4.74 Å². The monoisotopic (exact) mass is 287 g/mol. The zero-order chi connectivity index (χ0) is 15.2. The molecule has 1 aliphatic carbocycles. The van der Waals surface area contributed by atoms with Crippen molar-refractivity contribution in [1.29, 1.82) is 0 Å². The number of ether oxygens (including phenoxy) is 1. The van der Waals surface area contributed by atoms with Gasteiger partial charge in [0, 0.05) is 12.1 Å². The van der Waals surface area contributed by atoms with Crippen LogP contribution in [0.4, 0.5) is 0 Å². The van der Waals surface area contributed by atoms with Gasteiger partial charge in [0.05, 0.1) is 0 Å². The van der Waals surface area contributed by atoms with Gasteiger partial charge >= 0.3 is 5.97 Å². The first-order valence-corrected chi connectivity index (χ1v) is 7.26. The topological polar surface area (TPSA) is 55.4 Å². The van der Waals surface area contributed by atoms with Crippen molar-refractivity contribution in [1.82, 2.24) is 5.32 Å². The number of hydrogen-bond donors (Lipinski definition) is 1. The molecule has 21 heavy (non-hydrogen) atoms. The van der Waals surface area contributed by atoms with Crippen molar-refractivity contribution in [2.75, 3.05) is 6.61 Å². The van der Waals surface area contributed by atoms with Gasteiger partial charge in [-0.1, -0.05) is 24.3 Å². The summed E-state index contributed by atoms with van der Waals surface area (Å²) < 4.78 is 4.93. The number of nitrogens with one attached hydrogen (secondary N) is 1. The van der Waals surface area contributed by atoms with Crippen LogP contribution in [0.25, 0.3) is 6.08 Å². The molecule has 112 valence electrons. The third-order valence-electron chi connectivity index (χ3n) is 3.65. The minimum Gasteiger partial charge on any atom is -0.452 e. The number of hydrogen-bond acceptors (Lipinski definition) is 3. The van der Waals surface area contributed by atoms with Crippen LogP contribution in [0.15, 0.2) is 30.3 Å². The van der Waals surface area contributed by atoms with Gasteiger partial charge in [-0.2, -0.15) is 0 Å². The van der Waals surface area contributed by atoms with E-state index in [1.807, 2.05) is 38.1 Å². The van der Waals surface area contributed by atoms with Gasteiger partial charge in [0.2, 0.25) is 0 Å². The summed E-state index contributed by atoms with van der Waals surface area (Å²) in [4.78, 5) is 23.2. The van der Waals surface area contributed by atoms with E-state index in [-0.39, 0.29) is 18.6 Å². The quantitative estimate of drug-likeness (QED) is 0.646. The van der Waals surface area contributed by atoms with Gasteiger partial charge in [0.15, 0.2) is 6.61 Å². The molecule has 0 aromatic heterocycles. The van der Waals surface area contributed by atoms with Crippen molar-refractivity contribution < 1.29 is 14.3 Å². The van der Waals surface area contributed by atoms with Gasteiger partial charge in [0.25, 0.3) is 5.91 Å². The van der Waals surface area contributed by atoms with Gasteiger partial charge in [-0.25, -0.2) is 4.79 Å². The van der Waals surface area contributed by atoms with E-state index in [1.54, 1.807) is 6.08 Å². The summed E-state index contributed by atoms with van der Waals surface area (Å²) >= 11 is 0. The first-order valence-electron chi connectivity index (χ1n) is 7.26. The van der Waals surface area contributed by atoms with E-state index in [0.717, 1.165) is 11.1 Å². The Morgan fingerprint density at radius 2 is 2.10 bits per heavy atom. The van der Waals surface area contributed by atoms with E-state index in [2.05, 4.69) is 5.32 Å². The van der Waals surface area contributed by atoms with Crippen LogP contribution >= 0.6 is 0 Å². The van der Waals surface area contributed by atoms with Crippen molar-refractivity contribution in [2.45, 2.75) is 32.7 Å². The molecule has 0 saturated heterocycles. The molecule has 0 aliphatic heterocycles. The summed E-state index contributed by atoms with van der Waals surface area (Å²) in [5.74, 6) is -0.162. The van der Waals surface area contributed by atoms with Gasteiger partial charge in [-0.05, 0) is 49.8 Å². The Morgan fingerprint density at radius 3 is 2.76 bits per heavy atom. The average Bonchev–Trinajstić information content (AvgIpc) is 3.29. The lowest BCUT2D eigenvalue weighted by Gasteiger charge is -2.12. The normalized spacial score (nSPS) is 15.7. The smallest absolute Gasteiger partial charge is 0.331 e. The van der Waals surface area contributed by atoms with Crippen LogP contribution in [0.5, 0.6) is 0 Å². The second-order valence-electron chi connectivity index (χ2n) is 5.49. The van der Waals surface area contributed by atoms with E-state index in [9.17, 15) is 9.59 Å². The highest BCUT2D eigenvalue weighted by Gasteiger charge is 2.28. The lowest BCUT2D eigenvalue weighted by Crippen LogP contribution is -2.36. The predicted octanol–water partition coefficient (Wildman–Crippen LogP) is 2.47. The summed E-state index contributed by atoms with van der Waals surface area (Å²) in [6.07, 6.45) is 5.38. The van der Waals surface area contributed by atoms with Crippen LogP contribution in [-0.4, -0.2) is 24.5 Å². The molecule has 1 fully saturated rings. The molecule has 2 rings (SSSR count). The largest absolute Gasteiger partial charge is 0.452 e. The summed E-state index contributed by atoms with van der Waals surface area (Å²) in [6, 6.07) is 7.90. The Bertz CT molecular complexity index is 547. The van der Waals surface area contributed by atoms with E-state index in [0.29, 0.717) is 5.92 Å². The zero-order valence-electron chi connectivity index (χ0n) is 12.5. The van der Waals surface area contributed by atoms with Crippen LogP contribution in [0.1, 0.15) is 30.9 Å². The second kappa shape index (κ2) is 7.07. The number of rotatable bonds is 6. The van der Waals surface area contributed by atoms with Crippen LogP contribution in [-0.2, 0) is 14.3 Å². The average molecular weight is 287 g/mol.